The van der Waals surface area contributed by atoms with E-state index in [1.807, 2.05) is 37.3 Å². The van der Waals surface area contributed by atoms with E-state index in [0.29, 0.717) is 12.2 Å². The number of nitrogens with one attached hydrogen (secondary N) is 1. The second-order valence-electron chi connectivity index (χ2n) is 5.55. The first-order valence-electron chi connectivity index (χ1n) is 7.29. The van der Waals surface area contributed by atoms with E-state index in [2.05, 4.69) is 5.32 Å². The van der Waals surface area contributed by atoms with Crippen LogP contribution in [0.15, 0.2) is 54.6 Å². The maximum absolute atomic E-state index is 13.7. The van der Waals surface area contributed by atoms with Crippen LogP contribution in [0.2, 0.25) is 0 Å². The van der Waals surface area contributed by atoms with Crippen molar-refractivity contribution < 1.29 is 14.2 Å². The average molecular weight is 303 g/mol. The number of aliphatic hydroxyl groups is 1. The molecule has 0 bridgehead atoms. The van der Waals surface area contributed by atoms with Crippen molar-refractivity contribution in [2.45, 2.75) is 18.6 Å². The van der Waals surface area contributed by atoms with Crippen LogP contribution in [0.5, 0.6) is 0 Å². The van der Waals surface area contributed by atoms with Gasteiger partial charge in [-0.05, 0) is 18.6 Å². The lowest BCUT2D eigenvalue weighted by Crippen LogP contribution is -2.45. The zero-order valence-electron chi connectivity index (χ0n) is 12.9. The van der Waals surface area contributed by atoms with Crippen LogP contribution < -0.4 is 5.32 Å². The number of methoxy groups -OCH3 is 1. The molecule has 2 rings (SSSR count). The van der Waals surface area contributed by atoms with E-state index in [9.17, 15) is 9.50 Å². The van der Waals surface area contributed by atoms with Crippen molar-refractivity contribution in [3.63, 3.8) is 0 Å². The monoisotopic (exact) mass is 303 g/mol. The molecule has 0 heterocycles. The number of hydrogen-bond donors (Lipinski definition) is 2. The number of rotatable bonds is 7. The van der Waals surface area contributed by atoms with Crippen LogP contribution in [0.25, 0.3) is 0 Å². The maximum Gasteiger partial charge on any atom is 0.129 e. The van der Waals surface area contributed by atoms with Gasteiger partial charge in [-0.15, -0.1) is 0 Å². The summed E-state index contributed by atoms with van der Waals surface area (Å²) in [5.41, 5.74) is 0.891. The molecule has 0 amide bonds. The molecule has 3 nitrogen and oxygen atoms in total. The quantitative estimate of drug-likeness (QED) is 0.826. The zero-order chi connectivity index (χ0) is 16.0. The minimum atomic E-state index is -0.916. The summed E-state index contributed by atoms with van der Waals surface area (Å²) in [6.45, 7) is 2.68. The Morgan fingerprint density at radius 2 is 1.77 bits per heavy atom. The van der Waals surface area contributed by atoms with Crippen molar-refractivity contribution in [2.75, 3.05) is 20.3 Å². The van der Waals surface area contributed by atoms with Gasteiger partial charge in [-0.25, -0.2) is 4.39 Å². The summed E-state index contributed by atoms with van der Waals surface area (Å²) in [5.74, 6) is -0.398. The fraction of sp³-hybridized carbons (Fsp3) is 0.333. The van der Waals surface area contributed by atoms with Gasteiger partial charge < -0.3 is 15.2 Å². The second-order valence-corrected chi connectivity index (χ2v) is 5.55. The summed E-state index contributed by atoms with van der Waals surface area (Å²) >= 11 is 0. The van der Waals surface area contributed by atoms with Crippen molar-refractivity contribution in [2.24, 2.45) is 0 Å². The Balaban J connectivity index is 2.11. The third kappa shape index (κ3) is 3.91. The van der Waals surface area contributed by atoms with Crippen LogP contribution in [-0.2, 0) is 10.3 Å². The van der Waals surface area contributed by atoms with Crippen LogP contribution >= 0.6 is 0 Å². The zero-order valence-corrected chi connectivity index (χ0v) is 12.9. The first kappa shape index (κ1) is 16.6. The molecule has 0 aliphatic heterocycles. The molecule has 22 heavy (non-hydrogen) atoms. The molecule has 0 saturated carbocycles. The molecule has 0 saturated heterocycles. The number of hydrogen-bond acceptors (Lipinski definition) is 3. The summed E-state index contributed by atoms with van der Waals surface area (Å²) in [7, 11) is 1.64. The highest BCUT2D eigenvalue weighted by Gasteiger charge is 2.27. The van der Waals surface area contributed by atoms with Gasteiger partial charge in [-0.3, -0.25) is 0 Å². The van der Waals surface area contributed by atoms with Gasteiger partial charge in [0, 0.05) is 19.2 Å². The predicted molar refractivity (Wildman–Crippen MR) is 85.0 cm³/mol. The Labute approximate surface area is 130 Å². The maximum atomic E-state index is 13.7. The Bertz CT molecular complexity index is 591. The molecule has 2 unspecified atom stereocenters. The van der Waals surface area contributed by atoms with Crippen LogP contribution in [0.1, 0.15) is 24.2 Å². The molecule has 2 atom stereocenters. The topological polar surface area (TPSA) is 41.5 Å². The first-order valence-corrected chi connectivity index (χ1v) is 7.29. The molecule has 2 N–H and O–H groups in total. The second kappa shape index (κ2) is 7.49. The van der Waals surface area contributed by atoms with E-state index in [1.54, 1.807) is 25.3 Å². The molecule has 0 fully saturated rings. The molecule has 0 aliphatic rings. The van der Waals surface area contributed by atoms with Gasteiger partial charge >= 0.3 is 0 Å². The molecule has 118 valence electrons. The summed E-state index contributed by atoms with van der Waals surface area (Å²) in [4.78, 5) is 0. The number of benzene rings is 2. The summed E-state index contributed by atoms with van der Waals surface area (Å²) in [5, 5.41) is 13.5. The smallest absolute Gasteiger partial charge is 0.129 e. The molecule has 2 aromatic rings. The molecule has 2 aromatic carbocycles. The van der Waals surface area contributed by atoms with Crippen molar-refractivity contribution in [3.05, 3.63) is 71.5 Å². The normalized spacial score (nSPS) is 15.3. The van der Waals surface area contributed by atoms with Crippen LogP contribution in [0.3, 0.4) is 0 Å². The lowest BCUT2D eigenvalue weighted by molar-refractivity contribution is 0.0971. The van der Waals surface area contributed by atoms with Crippen molar-refractivity contribution >= 4 is 0 Å². The molecule has 4 heteroatoms. The third-order valence-corrected chi connectivity index (χ3v) is 3.79. The highest BCUT2D eigenvalue weighted by molar-refractivity contribution is 5.25. The predicted octanol–water partition coefficient (Wildman–Crippen LogP) is 3.01. The fourth-order valence-corrected chi connectivity index (χ4v) is 2.51. The van der Waals surface area contributed by atoms with Crippen LogP contribution in [0.4, 0.5) is 4.39 Å². The molecule has 0 spiro atoms. The lowest BCUT2D eigenvalue weighted by Gasteiger charge is -2.32. The van der Waals surface area contributed by atoms with Crippen molar-refractivity contribution in [3.8, 4) is 0 Å². The van der Waals surface area contributed by atoms with Gasteiger partial charge in [0.15, 0.2) is 0 Å². The van der Waals surface area contributed by atoms with E-state index in [-0.39, 0.29) is 6.54 Å². The summed E-state index contributed by atoms with van der Waals surface area (Å²) < 4.78 is 19.0. The number of ether oxygens (including phenoxy) is 1. The average Bonchev–Trinajstić information content (AvgIpc) is 2.54. The van der Waals surface area contributed by atoms with Gasteiger partial charge in [-0.2, -0.15) is 0 Å². The lowest BCUT2D eigenvalue weighted by atomic mass is 9.92. The van der Waals surface area contributed by atoms with Crippen molar-refractivity contribution in [1.82, 2.24) is 5.32 Å². The van der Waals surface area contributed by atoms with Crippen LogP contribution in [-0.4, -0.2) is 25.4 Å². The number of halogens is 1. The highest BCUT2D eigenvalue weighted by Crippen LogP contribution is 2.23. The Morgan fingerprint density at radius 3 is 2.41 bits per heavy atom. The van der Waals surface area contributed by atoms with Gasteiger partial charge in [0.05, 0.1) is 18.2 Å². The molecular weight excluding hydrogens is 281 g/mol. The molecule has 0 aromatic heterocycles. The van der Waals surface area contributed by atoms with E-state index in [1.165, 1.54) is 6.07 Å². The number of aliphatic hydroxyl groups excluding tert-OH is 1. The minimum absolute atomic E-state index is 0.232. The minimum Gasteiger partial charge on any atom is -0.387 e. The van der Waals surface area contributed by atoms with Crippen molar-refractivity contribution in [1.29, 1.82) is 0 Å². The largest absolute Gasteiger partial charge is 0.387 e. The molecule has 0 aliphatic carbocycles. The fourth-order valence-electron chi connectivity index (χ4n) is 2.51. The van der Waals surface area contributed by atoms with E-state index in [4.69, 9.17) is 4.74 Å². The van der Waals surface area contributed by atoms with Crippen LogP contribution in [0, 0.1) is 5.82 Å². The van der Waals surface area contributed by atoms with Gasteiger partial charge in [0.1, 0.15) is 5.82 Å². The Morgan fingerprint density at radius 1 is 1.14 bits per heavy atom. The standard InChI is InChI=1S/C18H22FNO2/c1-18(13-22-2,14-8-4-3-5-9-14)20-12-17(21)15-10-6-7-11-16(15)19/h3-11,17,20-21H,12-13H2,1-2H3. The summed E-state index contributed by atoms with van der Waals surface area (Å²) in [6.07, 6.45) is -0.916. The van der Waals surface area contributed by atoms with E-state index >= 15 is 0 Å². The highest BCUT2D eigenvalue weighted by atomic mass is 19.1. The van der Waals surface area contributed by atoms with Gasteiger partial charge in [0.25, 0.3) is 0 Å². The van der Waals surface area contributed by atoms with E-state index < -0.39 is 17.5 Å². The SMILES string of the molecule is COCC(C)(NCC(O)c1ccccc1F)c1ccccc1. The Hall–Kier alpha value is -1.75. The van der Waals surface area contributed by atoms with E-state index in [0.717, 1.165) is 5.56 Å². The molecular formula is C18H22FNO2. The first-order chi connectivity index (χ1) is 10.6. The van der Waals surface area contributed by atoms with Gasteiger partial charge in [-0.1, -0.05) is 48.5 Å². The third-order valence-electron chi connectivity index (χ3n) is 3.79. The summed E-state index contributed by atoms with van der Waals surface area (Å²) in [6, 6.07) is 16.1. The Kier molecular flexibility index (Phi) is 5.66. The molecule has 0 radical (unpaired) electrons. The van der Waals surface area contributed by atoms with Gasteiger partial charge in [0.2, 0.25) is 0 Å².